The Morgan fingerprint density at radius 1 is 1.00 bits per heavy atom. The summed E-state index contributed by atoms with van der Waals surface area (Å²) in [7, 11) is -3.78. The molecule has 2 heterocycles. The summed E-state index contributed by atoms with van der Waals surface area (Å²) in [6.45, 7) is 2.01. The number of nitrogens with zero attached hydrogens (tertiary/aromatic N) is 2. The van der Waals surface area contributed by atoms with Crippen molar-refractivity contribution in [1.82, 2.24) is 4.41 Å². The highest BCUT2D eigenvalue weighted by Crippen LogP contribution is 2.37. The highest BCUT2D eigenvalue weighted by molar-refractivity contribution is 7.89. The van der Waals surface area contributed by atoms with Crippen molar-refractivity contribution in [2.75, 3.05) is 0 Å². The number of benzene rings is 2. The molecule has 0 radical (unpaired) electrons. The van der Waals surface area contributed by atoms with Gasteiger partial charge in [-0.25, -0.2) is 0 Å². The molecule has 1 atom stereocenters. The Bertz CT molecular complexity index is 1020. The number of sulfonamides is 1. The van der Waals surface area contributed by atoms with E-state index in [0.717, 1.165) is 16.8 Å². The van der Waals surface area contributed by atoms with Crippen molar-refractivity contribution in [3.63, 3.8) is 0 Å². The molecule has 5 nitrogen and oxygen atoms in total. The number of furan rings is 1. The average molecular weight is 366 g/mol. The van der Waals surface area contributed by atoms with Crippen LogP contribution in [0.4, 0.5) is 0 Å². The summed E-state index contributed by atoms with van der Waals surface area (Å²) in [5.41, 5.74) is 2.78. The molecule has 6 heteroatoms. The van der Waals surface area contributed by atoms with Gasteiger partial charge in [-0.2, -0.15) is 17.9 Å². The molecule has 0 amide bonds. The van der Waals surface area contributed by atoms with Gasteiger partial charge in [-0.15, -0.1) is 0 Å². The lowest BCUT2D eigenvalue weighted by Gasteiger charge is -2.21. The summed E-state index contributed by atoms with van der Waals surface area (Å²) in [5, 5.41) is 4.48. The minimum atomic E-state index is -3.78. The molecule has 0 unspecified atom stereocenters. The van der Waals surface area contributed by atoms with Crippen LogP contribution in [0.5, 0.6) is 0 Å². The summed E-state index contributed by atoms with van der Waals surface area (Å²) >= 11 is 0. The topological polar surface area (TPSA) is 62.9 Å². The van der Waals surface area contributed by atoms with Gasteiger partial charge in [0.2, 0.25) is 0 Å². The molecule has 0 bridgehead atoms. The van der Waals surface area contributed by atoms with Crippen LogP contribution in [0, 0.1) is 6.92 Å². The Morgan fingerprint density at radius 2 is 1.73 bits per heavy atom. The lowest BCUT2D eigenvalue weighted by Crippen LogP contribution is -2.27. The molecule has 0 saturated heterocycles. The van der Waals surface area contributed by atoms with E-state index < -0.39 is 16.1 Å². The molecular formula is C20H18N2O3S. The summed E-state index contributed by atoms with van der Waals surface area (Å²) in [5.74, 6) is 0.579. The zero-order valence-electron chi connectivity index (χ0n) is 14.2. The van der Waals surface area contributed by atoms with Gasteiger partial charge in [-0.05, 0) is 36.8 Å². The third-order valence-corrected chi connectivity index (χ3v) is 6.11. The van der Waals surface area contributed by atoms with E-state index in [2.05, 4.69) is 5.10 Å². The van der Waals surface area contributed by atoms with Crippen molar-refractivity contribution in [3.05, 3.63) is 89.9 Å². The van der Waals surface area contributed by atoms with Crippen LogP contribution in [0.2, 0.25) is 0 Å². The van der Waals surface area contributed by atoms with Crippen molar-refractivity contribution < 1.29 is 12.8 Å². The van der Waals surface area contributed by atoms with Crippen LogP contribution < -0.4 is 0 Å². The number of aryl methyl sites for hydroxylation is 1. The smallest absolute Gasteiger partial charge is 0.279 e. The standard InChI is InChI=1S/C20H18N2O3S/c1-15-9-11-16(12-10-15)18-14-19(20-8-5-13-25-20)22(21-18)26(23,24)17-6-3-2-4-7-17/h2-13,19H,14H2,1H3/t19-/m0/s1. The first-order chi connectivity index (χ1) is 12.6. The first kappa shape index (κ1) is 16.6. The number of hydrogen-bond donors (Lipinski definition) is 0. The molecule has 1 aliphatic rings. The molecule has 132 valence electrons. The SMILES string of the molecule is Cc1ccc(C2=NN(S(=O)(=O)c3ccccc3)[C@H](c3ccco3)C2)cc1. The van der Waals surface area contributed by atoms with Crippen LogP contribution in [-0.4, -0.2) is 18.5 Å². The summed E-state index contributed by atoms with van der Waals surface area (Å²) in [6, 6.07) is 19.3. The Labute approximate surface area is 152 Å². The van der Waals surface area contributed by atoms with E-state index in [4.69, 9.17) is 4.42 Å². The van der Waals surface area contributed by atoms with Crippen molar-refractivity contribution in [1.29, 1.82) is 0 Å². The van der Waals surface area contributed by atoms with Gasteiger partial charge in [-0.3, -0.25) is 0 Å². The molecule has 0 saturated carbocycles. The quantitative estimate of drug-likeness (QED) is 0.697. The van der Waals surface area contributed by atoms with Crippen LogP contribution in [0.3, 0.4) is 0 Å². The van der Waals surface area contributed by atoms with Crippen molar-refractivity contribution in [2.45, 2.75) is 24.3 Å². The van der Waals surface area contributed by atoms with E-state index in [9.17, 15) is 8.42 Å². The molecule has 0 spiro atoms. The van der Waals surface area contributed by atoms with E-state index in [1.807, 2.05) is 31.2 Å². The molecule has 0 aliphatic carbocycles. The van der Waals surface area contributed by atoms with E-state index >= 15 is 0 Å². The fraction of sp³-hybridized carbons (Fsp3) is 0.150. The second-order valence-corrected chi connectivity index (χ2v) is 8.03. The fourth-order valence-electron chi connectivity index (χ4n) is 3.02. The van der Waals surface area contributed by atoms with Gasteiger partial charge in [0.05, 0.1) is 16.9 Å². The highest BCUT2D eigenvalue weighted by Gasteiger charge is 2.39. The zero-order valence-corrected chi connectivity index (χ0v) is 15.1. The largest absolute Gasteiger partial charge is 0.467 e. The molecule has 1 aromatic heterocycles. The van der Waals surface area contributed by atoms with Crippen molar-refractivity contribution in [2.24, 2.45) is 5.10 Å². The second kappa shape index (κ2) is 6.46. The number of rotatable bonds is 4. The van der Waals surface area contributed by atoms with Gasteiger partial charge in [0, 0.05) is 6.42 Å². The molecule has 0 N–H and O–H groups in total. The van der Waals surface area contributed by atoms with Gasteiger partial charge in [0.15, 0.2) is 0 Å². The maximum Gasteiger partial charge on any atom is 0.279 e. The van der Waals surface area contributed by atoms with Gasteiger partial charge < -0.3 is 4.42 Å². The van der Waals surface area contributed by atoms with E-state index in [1.165, 1.54) is 4.41 Å². The van der Waals surface area contributed by atoms with Gasteiger partial charge in [0.1, 0.15) is 11.8 Å². The monoisotopic (exact) mass is 366 g/mol. The van der Waals surface area contributed by atoms with Gasteiger partial charge >= 0.3 is 0 Å². The van der Waals surface area contributed by atoms with Gasteiger partial charge in [-0.1, -0.05) is 48.0 Å². The Morgan fingerprint density at radius 3 is 2.38 bits per heavy atom. The van der Waals surface area contributed by atoms with Crippen LogP contribution in [0.1, 0.15) is 29.3 Å². The van der Waals surface area contributed by atoms with E-state index in [1.54, 1.807) is 48.7 Å². The normalized spacial score (nSPS) is 17.3. The van der Waals surface area contributed by atoms with Gasteiger partial charge in [0.25, 0.3) is 10.0 Å². The Hall–Kier alpha value is -2.86. The Balaban J connectivity index is 1.78. The molecule has 2 aromatic carbocycles. The summed E-state index contributed by atoms with van der Waals surface area (Å²) in [4.78, 5) is 0.213. The predicted molar refractivity (Wildman–Crippen MR) is 99.2 cm³/mol. The summed E-state index contributed by atoms with van der Waals surface area (Å²) in [6.07, 6.45) is 2.01. The van der Waals surface area contributed by atoms with Crippen molar-refractivity contribution in [3.8, 4) is 0 Å². The first-order valence-corrected chi connectivity index (χ1v) is 9.77. The molecule has 4 rings (SSSR count). The number of hydrazone groups is 1. The third-order valence-electron chi connectivity index (χ3n) is 4.42. The van der Waals surface area contributed by atoms with Crippen LogP contribution >= 0.6 is 0 Å². The minimum Gasteiger partial charge on any atom is -0.467 e. The molecule has 3 aromatic rings. The van der Waals surface area contributed by atoms with Crippen LogP contribution in [-0.2, 0) is 10.0 Å². The molecule has 1 aliphatic heterocycles. The average Bonchev–Trinajstić information content (AvgIpc) is 3.33. The molecule has 26 heavy (non-hydrogen) atoms. The minimum absolute atomic E-state index is 0.213. The zero-order chi connectivity index (χ0) is 18.1. The first-order valence-electron chi connectivity index (χ1n) is 8.33. The number of hydrogen-bond acceptors (Lipinski definition) is 4. The lowest BCUT2D eigenvalue weighted by atomic mass is 10.0. The van der Waals surface area contributed by atoms with Crippen LogP contribution in [0.25, 0.3) is 0 Å². The predicted octanol–water partition coefficient (Wildman–Crippen LogP) is 4.13. The molecular weight excluding hydrogens is 348 g/mol. The fourth-order valence-corrected chi connectivity index (χ4v) is 4.46. The van der Waals surface area contributed by atoms with E-state index in [0.29, 0.717) is 12.2 Å². The second-order valence-electron chi connectivity index (χ2n) is 6.24. The lowest BCUT2D eigenvalue weighted by molar-refractivity contribution is 0.320. The highest BCUT2D eigenvalue weighted by atomic mass is 32.2. The van der Waals surface area contributed by atoms with E-state index in [-0.39, 0.29) is 4.90 Å². The van der Waals surface area contributed by atoms with Crippen molar-refractivity contribution >= 4 is 15.7 Å². The molecule has 0 fully saturated rings. The maximum absolute atomic E-state index is 13.1. The van der Waals surface area contributed by atoms with Crippen LogP contribution in [0.15, 0.2) is 87.4 Å². The summed E-state index contributed by atoms with van der Waals surface area (Å²) < 4.78 is 33.0. The third kappa shape index (κ3) is 2.93. The Kier molecular flexibility index (Phi) is 4.12. The maximum atomic E-state index is 13.1.